The smallest absolute Gasteiger partial charge is 0.312 e. The number of hydrogen-bond acceptors (Lipinski definition) is 2. The van der Waals surface area contributed by atoms with Crippen molar-refractivity contribution in [1.29, 1.82) is 0 Å². The molecule has 1 aliphatic rings. The molecule has 0 spiro atoms. The molecule has 138 valence electrons. The summed E-state index contributed by atoms with van der Waals surface area (Å²) >= 11 is 12.4. The van der Waals surface area contributed by atoms with E-state index in [0.29, 0.717) is 34.3 Å². The van der Waals surface area contributed by atoms with Gasteiger partial charge in [0.1, 0.15) is 11.7 Å². The third kappa shape index (κ3) is 3.22. The Labute approximate surface area is 165 Å². The molecule has 0 saturated heterocycles. The highest BCUT2D eigenvalue weighted by atomic mass is 35.5. The van der Waals surface area contributed by atoms with Crippen molar-refractivity contribution >= 4 is 29.2 Å². The van der Waals surface area contributed by atoms with Crippen LogP contribution in [0.15, 0.2) is 42.5 Å². The van der Waals surface area contributed by atoms with Gasteiger partial charge in [-0.2, -0.15) is 5.10 Å². The Bertz CT molecular complexity index is 1030. The predicted octanol–water partition coefficient (Wildman–Crippen LogP) is 5.49. The van der Waals surface area contributed by atoms with Crippen molar-refractivity contribution in [2.24, 2.45) is 0 Å². The maximum atomic E-state index is 13.4. The van der Waals surface area contributed by atoms with Gasteiger partial charge in [0.25, 0.3) is 0 Å². The first kappa shape index (κ1) is 18.0. The zero-order valence-corrected chi connectivity index (χ0v) is 15.6. The third-order valence-corrected chi connectivity index (χ3v) is 5.36. The summed E-state index contributed by atoms with van der Waals surface area (Å²) < 4.78 is 15.1. The topological polar surface area (TPSA) is 55.1 Å². The average molecular weight is 405 g/mol. The van der Waals surface area contributed by atoms with Crippen molar-refractivity contribution in [3.05, 3.63) is 69.6 Å². The van der Waals surface area contributed by atoms with Crippen LogP contribution in [0.5, 0.6) is 0 Å². The number of halogens is 3. The molecule has 0 bridgehead atoms. The van der Waals surface area contributed by atoms with Crippen molar-refractivity contribution in [1.82, 2.24) is 9.78 Å². The molecule has 1 aromatic heterocycles. The summed E-state index contributed by atoms with van der Waals surface area (Å²) in [6.07, 6.45) is 1.99. The maximum absolute atomic E-state index is 13.4. The fourth-order valence-electron chi connectivity index (χ4n) is 3.59. The minimum absolute atomic E-state index is 0.341. The molecule has 1 aliphatic carbocycles. The van der Waals surface area contributed by atoms with Crippen LogP contribution in [0.25, 0.3) is 16.9 Å². The van der Waals surface area contributed by atoms with Crippen molar-refractivity contribution in [2.75, 3.05) is 0 Å². The van der Waals surface area contributed by atoms with E-state index in [4.69, 9.17) is 23.2 Å². The zero-order valence-electron chi connectivity index (χ0n) is 14.1. The fraction of sp³-hybridized carbons (Fsp3) is 0.200. The van der Waals surface area contributed by atoms with E-state index >= 15 is 0 Å². The van der Waals surface area contributed by atoms with Crippen LogP contribution in [0.1, 0.15) is 30.0 Å². The average Bonchev–Trinajstić information content (AvgIpc) is 3.01. The van der Waals surface area contributed by atoms with Gasteiger partial charge in [0.15, 0.2) is 0 Å². The fourth-order valence-corrected chi connectivity index (χ4v) is 4.07. The molecule has 3 aromatic rings. The van der Waals surface area contributed by atoms with E-state index in [1.165, 1.54) is 12.1 Å². The van der Waals surface area contributed by atoms with Crippen LogP contribution >= 0.6 is 23.2 Å². The van der Waals surface area contributed by atoms with Gasteiger partial charge in [-0.1, -0.05) is 23.2 Å². The lowest BCUT2D eigenvalue weighted by Crippen LogP contribution is -2.17. The minimum Gasteiger partial charge on any atom is -0.481 e. The number of carboxylic acids is 1. The van der Waals surface area contributed by atoms with E-state index in [0.717, 1.165) is 23.2 Å². The Kier molecular flexibility index (Phi) is 4.66. The van der Waals surface area contributed by atoms with E-state index < -0.39 is 11.9 Å². The number of rotatable bonds is 3. The second kappa shape index (κ2) is 6.98. The third-order valence-electron chi connectivity index (χ3n) is 4.82. The molecule has 0 saturated carbocycles. The van der Waals surface area contributed by atoms with Crippen molar-refractivity contribution in [3.8, 4) is 16.9 Å². The molecule has 27 heavy (non-hydrogen) atoms. The Hall–Kier alpha value is -2.37. The van der Waals surface area contributed by atoms with Gasteiger partial charge in [0.05, 0.1) is 22.1 Å². The Morgan fingerprint density at radius 1 is 1.19 bits per heavy atom. The first-order valence-electron chi connectivity index (χ1n) is 8.51. The maximum Gasteiger partial charge on any atom is 0.312 e. The van der Waals surface area contributed by atoms with Crippen molar-refractivity contribution < 1.29 is 14.3 Å². The highest BCUT2D eigenvalue weighted by Gasteiger charge is 2.33. The molecule has 1 atom stereocenters. The first-order chi connectivity index (χ1) is 13.0. The summed E-state index contributed by atoms with van der Waals surface area (Å²) in [6.45, 7) is 0. The highest BCUT2D eigenvalue weighted by molar-refractivity contribution is 6.35. The monoisotopic (exact) mass is 404 g/mol. The van der Waals surface area contributed by atoms with Crippen LogP contribution < -0.4 is 0 Å². The van der Waals surface area contributed by atoms with Crippen LogP contribution in [0.4, 0.5) is 4.39 Å². The summed E-state index contributed by atoms with van der Waals surface area (Å²) in [5.41, 5.74) is 3.49. The molecular formula is C20H15Cl2FN2O2. The predicted molar refractivity (Wildman–Crippen MR) is 102 cm³/mol. The van der Waals surface area contributed by atoms with E-state index in [1.807, 2.05) is 0 Å². The molecule has 2 aromatic carbocycles. The Balaban J connectivity index is 1.99. The van der Waals surface area contributed by atoms with Gasteiger partial charge in [-0.05, 0) is 61.7 Å². The number of aliphatic carboxylic acids is 1. The Morgan fingerprint density at radius 2 is 1.93 bits per heavy atom. The lowest BCUT2D eigenvalue weighted by Gasteiger charge is -2.18. The number of benzene rings is 2. The number of carbonyl (C=O) groups is 1. The molecule has 7 heteroatoms. The van der Waals surface area contributed by atoms with Crippen molar-refractivity contribution in [2.45, 2.75) is 25.2 Å². The van der Waals surface area contributed by atoms with E-state index in [-0.39, 0.29) is 5.82 Å². The molecule has 0 radical (unpaired) electrons. The van der Waals surface area contributed by atoms with Gasteiger partial charge in [-0.3, -0.25) is 4.79 Å². The van der Waals surface area contributed by atoms with Gasteiger partial charge in [0.2, 0.25) is 0 Å². The largest absolute Gasteiger partial charge is 0.481 e. The summed E-state index contributed by atoms with van der Waals surface area (Å²) in [5.74, 6) is -1.90. The van der Waals surface area contributed by atoms with E-state index in [1.54, 1.807) is 35.0 Å². The second-order valence-corrected chi connectivity index (χ2v) is 7.35. The molecule has 0 unspecified atom stereocenters. The van der Waals surface area contributed by atoms with Crippen LogP contribution in [0, 0.1) is 5.82 Å². The lowest BCUT2D eigenvalue weighted by molar-refractivity contribution is -0.139. The molecule has 0 amide bonds. The molecule has 0 aliphatic heterocycles. The SMILES string of the molecule is O=C(O)[C@H]1CCCc2c1nn(-c1ccc(Cl)cc1Cl)c2-c1ccc(F)cc1. The van der Waals surface area contributed by atoms with Gasteiger partial charge in [-0.25, -0.2) is 9.07 Å². The number of carboxylic acid groups (broad SMARTS) is 1. The van der Waals surface area contributed by atoms with Crippen LogP contribution in [-0.2, 0) is 11.2 Å². The summed E-state index contributed by atoms with van der Waals surface area (Å²) in [7, 11) is 0. The van der Waals surface area contributed by atoms with Crippen LogP contribution in [-0.4, -0.2) is 20.9 Å². The number of hydrogen-bond donors (Lipinski definition) is 1. The van der Waals surface area contributed by atoms with Crippen LogP contribution in [0.2, 0.25) is 10.0 Å². The van der Waals surface area contributed by atoms with Crippen molar-refractivity contribution in [3.63, 3.8) is 0 Å². The molecule has 4 nitrogen and oxygen atoms in total. The summed E-state index contributed by atoms with van der Waals surface area (Å²) in [5, 5.41) is 15.1. The number of aromatic nitrogens is 2. The molecule has 0 fully saturated rings. The zero-order chi connectivity index (χ0) is 19.1. The van der Waals surface area contributed by atoms with E-state index in [9.17, 15) is 14.3 Å². The number of nitrogens with zero attached hydrogens (tertiary/aromatic N) is 2. The van der Waals surface area contributed by atoms with Gasteiger partial charge >= 0.3 is 5.97 Å². The van der Waals surface area contributed by atoms with Gasteiger partial charge < -0.3 is 5.11 Å². The molecule has 1 N–H and O–H groups in total. The summed E-state index contributed by atoms with van der Waals surface area (Å²) in [6, 6.07) is 11.1. The standard InChI is InChI=1S/C20H15Cl2FN2O2/c21-12-6-9-17(16(22)10-12)25-19(11-4-7-13(23)8-5-11)14-2-1-3-15(20(26)27)18(14)24-25/h4-10,15H,1-3H2,(H,26,27)/t15-/m0/s1. The number of fused-ring (bicyclic) bond motifs is 1. The van der Waals surface area contributed by atoms with Gasteiger partial charge in [0, 0.05) is 16.1 Å². The van der Waals surface area contributed by atoms with E-state index in [2.05, 4.69) is 5.10 Å². The quantitative estimate of drug-likeness (QED) is 0.627. The molecular weight excluding hydrogens is 390 g/mol. The summed E-state index contributed by atoms with van der Waals surface area (Å²) in [4.78, 5) is 11.7. The minimum atomic E-state index is -0.895. The normalized spacial score (nSPS) is 16.2. The lowest BCUT2D eigenvalue weighted by atomic mass is 9.85. The Morgan fingerprint density at radius 3 is 2.59 bits per heavy atom. The second-order valence-electron chi connectivity index (χ2n) is 6.51. The van der Waals surface area contributed by atoms with Gasteiger partial charge in [-0.15, -0.1) is 0 Å². The molecule has 1 heterocycles. The van der Waals surface area contributed by atoms with Crippen LogP contribution in [0.3, 0.4) is 0 Å². The molecule has 4 rings (SSSR count). The highest BCUT2D eigenvalue weighted by Crippen LogP contribution is 2.40. The first-order valence-corrected chi connectivity index (χ1v) is 9.27.